The minimum Gasteiger partial charge on any atom is -0.508 e. The fourth-order valence-electron chi connectivity index (χ4n) is 3.90. The number of anilines is 1. The summed E-state index contributed by atoms with van der Waals surface area (Å²) in [6, 6.07) is 13.6. The van der Waals surface area contributed by atoms with E-state index >= 15 is 0 Å². The molecule has 0 aliphatic carbocycles. The molecule has 120 valence electrons. The van der Waals surface area contributed by atoms with Gasteiger partial charge in [0.25, 0.3) is 0 Å². The summed E-state index contributed by atoms with van der Waals surface area (Å²) in [5.41, 5.74) is 6.87. The Hall–Kier alpha value is -2.73. The number of nitriles is 1. The Morgan fingerprint density at radius 3 is 2.25 bits per heavy atom. The molecule has 0 saturated heterocycles. The number of hydrogen-bond donors (Lipinski definition) is 1. The van der Waals surface area contributed by atoms with Crippen molar-refractivity contribution in [2.45, 2.75) is 25.7 Å². The zero-order chi connectivity index (χ0) is 16.5. The van der Waals surface area contributed by atoms with Crippen LogP contribution in [0.1, 0.15) is 35.1 Å². The van der Waals surface area contributed by atoms with Crippen LogP contribution in [-0.2, 0) is 12.8 Å². The summed E-state index contributed by atoms with van der Waals surface area (Å²) in [5, 5.41) is 19.0. The van der Waals surface area contributed by atoms with Gasteiger partial charge in [-0.2, -0.15) is 5.26 Å². The lowest BCUT2D eigenvalue weighted by molar-refractivity contribution is 0.475. The van der Waals surface area contributed by atoms with Gasteiger partial charge in [0.15, 0.2) is 0 Å². The molecule has 24 heavy (non-hydrogen) atoms. The van der Waals surface area contributed by atoms with Crippen molar-refractivity contribution in [3.05, 3.63) is 58.7 Å². The fourth-order valence-corrected chi connectivity index (χ4v) is 3.90. The predicted molar refractivity (Wildman–Crippen MR) is 96.9 cm³/mol. The third-order valence-electron chi connectivity index (χ3n) is 4.96. The van der Waals surface area contributed by atoms with Crippen molar-refractivity contribution in [1.82, 2.24) is 0 Å². The van der Waals surface area contributed by atoms with E-state index in [1.54, 1.807) is 24.3 Å². The first kappa shape index (κ1) is 14.8. The summed E-state index contributed by atoms with van der Waals surface area (Å²) in [7, 11) is 0. The second-order valence-electron chi connectivity index (χ2n) is 6.60. The van der Waals surface area contributed by atoms with E-state index in [-0.39, 0.29) is 5.75 Å². The molecule has 3 heteroatoms. The van der Waals surface area contributed by atoms with Gasteiger partial charge in [-0.3, -0.25) is 0 Å². The van der Waals surface area contributed by atoms with Crippen LogP contribution in [0.3, 0.4) is 0 Å². The molecule has 2 aliphatic heterocycles. The first-order chi connectivity index (χ1) is 11.7. The molecule has 0 saturated carbocycles. The van der Waals surface area contributed by atoms with Crippen molar-refractivity contribution in [1.29, 1.82) is 5.26 Å². The average molecular weight is 316 g/mol. The number of allylic oxidation sites excluding steroid dienone is 1. The third kappa shape index (κ3) is 2.65. The summed E-state index contributed by atoms with van der Waals surface area (Å²) in [4.78, 5) is 2.52. The molecule has 4 rings (SSSR count). The van der Waals surface area contributed by atoms with Gasteiger partial charge >= 0.3 is 0 Å². The van der Waals surface area contributed by atoms with Gasteiger partial charge in [-0.25, -0.2) is 0 Å². The number of nitrogens with zero attached hydrogens (tertiary/aromatic N) is 2. The highest BCUT2D eigenvalue weighted by Gasteiger charge is 2.23. The number of aromatic hydroxyl groups is 1. The predicted octanol–water partition coefficient (Wildman–Crippen LogP) is 4.16. The van der Waals surface area contributed by atoms with Gasteiger partial charge in [-0.05, 0) is 90.4 Å². The first-order valence-corrected chi connectivity index (χ1v) is 8.56. The Bertz CT molecular complexity index is 812. The highest BCUT2D eigenvalue weighted by atomic mass is 16.3. The molecular weight excluding hydrogens is 296 g/mol. The SMILES string of the molecule is N#C/C(=C/c1cc2c3c(c1)CCCN3CCC2)c1ccc(O)cc1. The number of benzene rings is 2. The smallest absolute Gasteiger partial charge is 0.115 e. The molecule has 0 atom stereocenters. The maximum atomic E-state index is 9.54. The Labute approximate surface area is 142 Å². The van der Waals surface area contributed by atoms with Crippen LogP contribution in [0.5, 0.6) is 5.75 Å². The van der Waals surface area contributed by atoms with E-state index < -0.39 is 0 Å². The minimum atomic E-state index is 0.217. The molecule has 2 heterocycles. The largest absolute Gasteiger partial charge is 0.508 e. The molecule has 0 radical (unpaired) electrons. The van der Waals surface area contributed by atoms with E-state index in [4.69, 9.17) is 0 Å². The summed E-state index contributed by atoms with van der Waals surface area (Å²) in [6.45, 7) is 2.35. The van der Waals surface area contributed by atoms with E-state index in [0.717, 1.165) is 24.0 Å². The first-order valence-electron chi connectivity index (χ1n) is 8.56. The Kier molecular flexibility index (Phi) is 3.74. The van der Waals surface area contributed by atoms with Gasteiger partial charge in [0.05, 0.1) is 11.6 Å². The Balaban J connectivity index is 1.76. The fraction of sp³-hybridized carbons (Fsp3) is 0.286. The quantitative estimate of drug-likeness (QED) is 0.668. The molecule has 0 unspecified atom stereocenters. The van der Waals surface area contributed by atoms with Crippen LogP contribution in [-0.4, -0.2) is 18.2 Å². The lowest BCUT2D eigenvalue weighted by Gasteiger charge is -2.37. The summed E-state index contributed by atoms with van der Waals surface area (Å²) in [6.07, 6.45) is 6.64. The number of rotatable bonds is 2. The molecule has 0 amide bonds. The molecule has 2 aliphatic rings. The van der Waals surface area contributed by atoms with Gasteiger partial charge in [0, 0.05) is 18.8 Å². The minimum absolute atomic E-state index is 0.217. The monoisotopic (exact) mass is 316 g/mol. The van der Waals surface area contributed by atoms with Crippen molar-refractivity contribution in [2.75, 3.05) is 18.0 Å². The standard InChI is InChI=1S/C21H20N2O/c22-14-19(16-5-7-20(24)8-6-16)13-15-11-17-3-1-9-23-10-2-4-18(12-15)21(17)23/h5-8,11-13,24H,1-4,9-10H2/b19-13-. The molecule has 0 fully saturated rings. The molecular formula is C21H20N2O. The number of phenols is 1. The van der Waals surface area contributed by atoms with Crippen LogP contribution in [0, 0.1) is 11.3 Å². The van der Waals surface area contributed by atoms with Crippen molar-refractivity contribution < 1.29 is 5.11 Å². The zero-order valence-corrected chi connectivity index (χ0v) is 13.6. The third-order valence-corrected chi connectivity index (χ3v) is 4.96. The average Bonchev–Trinajstić information content (AvgIpc) is 2.61. The maximum Gasteiger partial charge on any atom is 0.115 e. The van der Waals surface area contributed by atoms with E-state index in [1.165, 1.54) is 42.7 Å². The summed E-state index contributed by atoms with van der Waals surface area (Å²) < 4.78 is 0. The number of aryl methyl sites for hydroxylation is 2. The highest BCUT2D eigenvalue weighted by molar-refractivity contribution is 5.90. The van der Waals surface area contributed by atoms with Gasteiger partial charge < -0.3 is 10.0 Å². The molecule has 0 aromatic heterocycles. The van der Waals surface area contributed by atoms with Crippen molar-refractivity contribution >= 4 is 17.3 Å². The van der Waals surface area contributed by atoms with Gasteiger partial charge in [-0.1, -0.05) is 0 Å². The molecule has 1 N–H and O–H groups in total. The Morgan fingerprint density at radius 1 is 1.04 bits per heavy atom. The van der Waals surface area contributed by atoms with Crippen LogP contribution in [0.2, 0.25) is 0 Å². The number of phenolic OH excluding ortho intramolecular Hbond substituents is 1. The molecule has 2 aromatic carbocycles. The van der Waals surface area contributed by atoms with Crippen molar-refractivity contribution in [3.8, 4) is 11.8 Å². The van der Waals surface area contributed by atoms with Crippen LogP contribution in [0.4, 0.5) is 5.69 Å². The second-order valence-corrected chi connectivity index (χ2v) is 6.60. The topological polar surface area (TPSA) is 47.3 Å². The van der Waals surface area contributed by atoms with Crippen LogP contribution < -0.4 is 4.90 Å². The van der Waals surface area contributed by atoms with E-state index in [0.29, 0.717) is 5.57 Å². The van der Waals surface area contributed by atoms with Gasteiger partial charge in [-0.15, -0.1) is 0 Å². The van der Waals surface area contributed by atoms with E-state index in [9.17, 15) is 10.4 Å². The van der Waals surface area contributed by atoms with Crippen molar-refractivity contribution in [3.63, 3.8) is 0 Å². The number of hydrogen-bond acceptors (Lipinski definition) is 3. The highest BCUT2D eigenvalue weighted by Crippen LogP contribution is 2.36. The lowest BCUT2D eigenvalue weighted by Crippen LogP contribution is -2.34. The van der Waals surface area contributed by atoms with Crippen LogP contribution in [0.15, 0.2) is 36.4 Å². The maximum absolute atomic E-state index is 9.54. The summed E-state index contributed by atoms with van der Waals surface area (Å²) in [5.74, 6) is 0.217. The molecule has 0 bridgehead atoms. The summed E-state index contributed by atoms with van der Waals surface area (Å²) >= 11 is 0. The lowest BCUT2D eigenvalue weighted by atomic mass is 9.89. The van der Waals surface area contributed by atoms with Crippen LogP contribution in [0.25, 0.3) is 11.6 Å². The van der Waals surface area contributed by atoms with E-state index in [1.807, 2.05) is 6.08 Å². The van der Waals surface area contributed by atoms with Crippen LogP contribution >= 0.6 is 0 Å². The normalized spacial score (nSPS) is 16.5. The van der Waals surface area contributed by atoms with E-state index in [2.05, 4.69) is 23.1 Å². The molecule has 3 nitrogen and oxygen atoms in total. The zero-order valence-electron chi connectivity index (χ0n) is 13.6. The van der Waals surface area contributed by atoms with Gasteiger partial charge in [0.1, 0.15) is 5.75 Å². The molecule has 0 spiro atoms. The Morgan fingerprint density at radius 2 is 1.67 bits per heavy atom. The second kappa shape index (κ2) is 6.05. The van der Waals surface area contributed by atoms with Crippen molar-refractivity contribution in [2.24, 2.45) is 0 Å². The molecule has 2 aromatic rings. The van der Waals surface area contributed by atoms with Gasteiger partial charge in [0.2, 0.25) is 0 Å².